The van der Waals surface area contributed by atoms with E-state index >= 15 is 0 Å². The number of aromatic nitrogens is 3. The predicted molar refractivity (Wildman–Crippen MR) is 42.9 cm³/mol. The van der Waals surface area contributed by atoms with Crippen LogP contribution in [0.4, 0.5) is 17.8 Å². The number of nitrogen functional groups attached to an aromatic ring is 2. The minimum absolute atomic E-state index is 0.0196. The molecule has 66 valence electrons. The first-order valence-corrected chi connectivity index (χ1v) is 2.91. The van der Waals surface area contributed by atoms with E-state index in [0.29, 0.717) is 5.12 Å². The molecule has 9 heteroatoms. The van der Waals surface area contributed by atoms with E-state index in [4.69, 9.17) is 23.3 Å². The fourth-order valence-electron chi connectivity index (χ4n) is 0.561. The van der Waals surface area contributed by atoms with Crippen LogP contribution in [0.5, 0.6) is 0 Å². The molecule has 9 N–H and O–H groups in total. The lowest BCUT2D eigenvalue weighted by Gasteiger charge is -2.09. The molecule has 0 atom stereocenters. The van der Waals surface area contributed by atoms with Gasteiger partial charge in [0.2, 0.25) is 11.9 Å². The van der Waals surface area contributed by atoms with Crippen LogP contribution in [0.15, 0.2) is 0 Å². The number of hydrogen-bond acceptors (Lipinski definition) is 9. The van der Waals surface area contributed by atoms with Gasteiger partial charge in [0.1, 0.15) is 0 Å². The summed E-state index contributed by atoms with van der Waals surface area (Å²) in [5, 5.41) is 0.707. The van der Waals surface area contributed by atoms with Crippen LogP contribution in [-0.4, -0.2) is 15.0 Å². The Bertz CT molecular complexity index is 268. The highest BCUT2D eigenvalue weighted by Gasteiger charge is 2.04. The highest BCUT2D eigenvalue weighted by Crippen LogP contribution is 2.05. The van der Waals surface area contributed by atoms with E-state index in [-0.39, 0.29) is 17.8 Å². The van der Waals surface area contributed by atoms with Crippen molar-refractivity contribution in [3.05, 3.63) is 0 Å². The zero-order valence-electron chi connectivity index (χ0n) is 6.10. The SMILES string of the molecule is NNc1nc(N)nc(N(N)N)n1. The molecule has 0 aliphatic heterocycles. The van der Waals surface area contributed by atoms with Crippen LogP contribution in [-0.2, 0) is 0 Å². The summed E-state index contributed by atoms with van der Waals surface area (Å²) >= 11 is 0. The Morgan fingerprint density at radius 1 is 1.17 bits per heavy atom. The second-order valence-corrected chi connectivity index (χ2v) is 1.87. The molecule has 0 unspecified atom stereocenters. The first-order chi connectivity index (χ1) is 5.63. The van der Waals surface area contributed by atoms with Crippen molar-refractivity contribution < 1.29 is 0 Å². The molecule has 0 aromatic carbocycles. The quantitative estimate of drug-likeness (QED) is 0.235. The second kappa shape index (κ2) is 3.13. The summed E-state index contributed by atoms with van der Waals surface area (Å²) in [6.07, 6.45) is 0. The maximum atomic E-state index is 5.28. The first-order valence-electron chi connectivity index (χ1n) is 2.91. The Morgan fingerprint density at radius 3 is 2.33 bits per heavy atom. The lowest BCUT2D eigenvalue weighted by Crippen LogP contribution is -2.39. The number of hydrogen-bond donors (Lipinski definition) is 5. The Balaban J connectivity index is 3.06. The number of nitrogens with two attached hydrogens (primary N) is 4. The molecule has 0 spiro atoms. The molecule has 1 aromatic heterocycles. The van der Waals surface area contributed by atoms with Crippen LogP contribution in [0.3, 0.4) is 0 Å². The Hall–Kier alpha value is -1.71. The van der Waals surface area contributed by atoms with Gasteiger partial charge in [0.15, 0.2) is 0 Å². The normalized spacial score (nSPS) is 9.58. The second-order valence-electron chi connectivity index (χ2n) is 1.87. The number of nitrogens with zero attached hydrogens (tertiary/aromatic N) is 4. The van der Waals surface area contributed by atoms with Crippen molar-refractivity contribution in [1.82, 2.24) is 15.0 Å². The molecule has 0 fully saturated rings. The van der Waals surface area contributed by atoms with Gasteiger partial charge in [-0.1, -0.05) is 0 Å². The van der Waals surface area contributed by atoms with Gasteiger partial charge >= 0.3 is 0 Å². The molecule has 0 bridgehead atoms. The van der Waals surface area contributed by atoms with Crippen molar-refractivity contribution in [2.75, 3.05) is 16.3 Å². The van der Waals surface area contributed by atoms with E-state index in [2.05, 4.69) is 20.4 Å². The molecular weight excluding hydrogens is 162 g/mol. The maximum absolute atomic E-state index is 5.28. The van der Waals surface area contributed by atoms with Crippen LogP contribution in [0.1, 0.15) is 0 Å². The largest absolute Gasteiger partial charge is 0.368 e. The molecule has 1 rings (SSSR count). The van der Waals surface area contributed by atoms with E-state index in [1.165, 1.54) is 0 Å². The van der Waals surface area contributed by atoms with Gasteiger partial charge in [0.05, 0.1) is 0 Å². The molecule has 0 aliphatic carbocycles. The average molecular weight is 171 g/mol. The minimum Gasteiger partial charge on any atom is -0.368 e. The molecule has 12 heavy (non-hydrogen) atoms. The van der Waals surface area contributed by atoms with Gasteiger partial charge in [0.25, 0.3) is 5.95 Å². The van der Waals surface area contributed by atoms with Crippen LogP contribution >= 0.6 is 0 Å². The van der Waals surface area contributed by atoms with Gasteiger partial charge in [-0.15, -0.1) is 0 Å². The third kappa shape index (κ3) is 1.66. The van der Waals surface area contributed by atoms with Gasteiger partial charge in [-0.3, -0.25) is 5.43 Å². The molecule has 0 aliphatic rings. The average Bonchev–Trinajstić information content (AvgIpc) is 2.03. The van der Waals surface area contributed by atoms with Crippen LogP contribution < -0.4 is 33.8 Å². The molecule has 0 radical (unpaired) electrons. The van der Waals surface area contributed by atoms with E-state index in [0.717, 1.165) is 0 Å². The van der Waals surface area contributed by atoms with Gasteiger partial charge in [-0.2, -0.15) is 15.0 Å². The van der Waals surface area contributed by atoms with Gasteiger partial charge in [0, 0.05) is 0 Å². The third-order valence-electron chi connectivity index (χ3n) is 1.00. The topological polar surface area (TPSA) is 158 Å². The summed E-state index contributed by atoms with van der Waals surface area (Å²) in [6.45, 7) is 0. The number of hydrazine groups is 3. The molecule has 1 aromatic rings. The monoisotopic (exact) mass is 171 g/mol. The molecular formula is C3H9N9. The van der Waals surface area contributed by atoms with Crippen molar-refractivity contribution in [3.8, 4) is 0 Å². The summed E-state index contributed by atoms with van der Waals surface area (Å²) in [5.74, 6) is 15.4. The Morgan fingerprint density at radius 2 is 1.83 bits per heavy atom. The zero-order valence-corrected chi connectivity index (χ0v) is 6.10. The number of nitrogens with one attached hydrogen (secondary N) is 1. The zero-order chi connectivity index (χ0) is 9.14. The van der Waals surface area contributed by atoms with E-state index in [1.807, 2.05) is 0 Å². The van der Waals surface area contributed by atoms with Crippen molar-refractivity contribution in [2.45, 2.75) is 0 Å². The summed E-state index contributed by atoms with van der Waals surface area (Å²) in [7, 11) is 0. The molecule has 0 saturated carbocycles. The van der Waals surface area contributed by atoms with Crippen LogP contribution in [0, 0.1) is 0 Å². The van der Waals surface area contributed by atoms with E-state index < -0.39 is 0 Å². The highest BCUT2D eigenvalue weighted by atomic mass is 15.6. The lowest BCUT2D eigenvalue weighted by molar-refractivity contribution is 0.850. The predicted octanol–water partition coefficient (Wildman–Crippen LogP) is -2.71. The van der Waals surface area contributed by atoms with E-state index in [1.54, 1.807) is 0 Å². The van der Waals surface area contributed by atoms with Crippen molar-refractivity contribution in [1.29, 1.82) is 0 Å². The Kier molecular flexibility index (Phi) is 2.19. The smallest absolute Gasteiger partial charge is 0.261 e. The first kappa shape index (κ1) is 8.39. The van der Waals surface area contributed by atoms with Crippen molar-refractivity contribution >= 4 is 17.8 Å². The molecule has 1 heterocycles. The fraction of sp³-hybridized carbons (Fsp3) is 0. The molecule has 0 saturated heterocycles. The summed E-state index contributed by atoms with van der Waals surface area (Å²) < 4.78 is 0. The van der Waals surface area contributed by atoms with Crippen LogP contribution in [0.2, 0.25) is 0 Å². The molecule has 9 nitrogen and oxygen atoms in total. The minimum atomic E-state index is -0.0196. The van der Waals surface area contributed by atoms with Gasteiger partial charge in [-0.25, -0.2) is 22.6 Å². The highest BCUT2D eigenvalue weighted by molar-refractivity contribution is 5.38. The van der Waals surface area contributed by atoms with Crippen molar-refractivity contribution in [2.24, 2.45) is 17.5 Å². The van der Waals surface area contributed by atoms with E-state index in [9.17, 15) is 0 Å². The maximum Gasteiger partial charge on any atom is 0.261 e. The summed E-state index contributed by atoms with van der Waals surface area (Å²) in [5.41, 5.74) is 7.46. The number of anilines is 3. The lowest BCUT2D eigenvalue weighted by atomic mass is 10.8. The van der Waals surface area contributed by atoms with Crippen molar-refractivity contribution in [3.63, 3.8) is 0 Å². The summed E-state index contributed by atoms with van der Waals surface area (Å²) in [6, 6.07) is 0. The Labute approximate surface area is 67.7 Å². The van der Waals surface area contributed by atoms with Crippen LogP contribution in [0.25, 0.3) is 0 Å². The summed E-state index contributed by atoms with van der Waals surface area (Å²) in [4.78, 5) is 10.9. The standard InChI is InChI=1S/C3H9N9/c4-1-8-2(11-5)10-3(9-1)12(6)7/h5-7H2,(H3,4,8,9,10,11). The fourth-order valence-corrected chi connectivity index (χ4v) is 0.561. The van der Waals surface area contributed by atoms with Gasteiger partial charge in [-0.05, 0) is 0 Å². The number of rotatable bonds is 2. The molecule has 0 amide bonds. The van der Waals surface area contributed by atoms with Gasteiger partial charge < -0.3 is 5.73 Å². The third-order valence-corrected chi connectivity index (χ3v) is 1.00.